The van der Waals surface area contributed by atoms with Crippen molar-refractivity contribution in [3.8, 4) is 0 Å². The van der Waals surface area contributed by atoms with Gasteiger partial charge in [-0.3, -0.25) is 9.59 Å². The van der Waals surface area contributed by atoms with E-state index in [1.165, 1.54) is 36.7 Å². The summed E-state index contributed by atoms with van der Waals surface area (Å²) < 4.78 is 26.9. The molecule has 1 aromatic heterocycles. The molecule has 0 bridgehead atoms. The maximum atomic E-state index is 12.3. The molecule has 9 nitrogen and oxygen atoms in total. The molecule has 0 spiro atoms. The molecule has 0 saturated carbocycles. The van der Waals surface area contributed by atoms with Crippen molar-refractivity contribution in [2.45, 2.75) is 4.90 Å². The molecule has 3 rings (SSSR count). The Morgan fingerprint density at radius 3 is 2.20 bits per heavy atom. The number of aromatic nitrogens is 2. The van der Waals surface area contributed by atoms with Crippen LogP contribution in [0.1, 0.15) is 10.4 Å². The van der Waals surface area contributed by atoms with Crippen molar-refractivity contribution >= 4 is 45.1 Å². The lowest BCUT2D eigenvalue weighted by atomic mass is 10.2. The van der Waals surface area contributed by atoms with Gasteiger partial charge in [0.15, 0.2) is 0 Å². The molecule has 2 amide bonds. The quantitative estimate of drug-likeness (QED) is 0.511. The zero-order chi connectivity index (χ0) is 21.6. The van der Waals surface area contributed by atoms with Crippen LogP contribution in [0.3, 0.4) is 0 Å². The van der Waals surface area contributed by atoms with Crippen LogP contribution < -0.4 is 15.4 Å². The van der Waals surface area contributed by atoms with Gasteiger partial charge >= 0.3 is 0 Å². The Bertz CT molecular complexity index is 1140. The molecule has 1 heterocycles. The van der Waals surface area contributed by atoms with Gasteiger partial charge in [-0.05, 0) is 54.6 Å². The number of nitrogens with zero attached hydrogens (tertiary/aromatic N) is 2. The number of anilines is 2. The van der Waals surface area contributed by atoms with Crippen molar-refractivity contribution < 1.29 is 18.0 Å². The Labute approximate surface area is 177 Å². The van der Waals surface area contributed by atoms with Crippen molar-refractivity contribution in [2.24, 2.45) is 0 Å². The zero-order valence-corrected chi connectivity index (χ0v) is 16.9. The van der Waals surface area contributed by atoms with Crippen LogP contribution in [0.25, 0.3) is 0 Å². The molecule has 2 aromatic carbocycles. The fraction of sp³-hybridized carbons (Fsp3) is 0.0526. The van der Waals surface area contributed by atoms with E-state index >= 15 is 0 Å². The minimum Gasteiger partial charge on any atom is -0.343 e. The second-order valence-electron chi connectivity index (χ2n) is 5.94. The normalized spacial score (nSPS) is 10.8. The van der Waals surface area contributed by atoms with Crippen LogP contribution in [0, 0.1) is 0 Å². The summed E-state index contributed by atoms with van der Waals surface area (Å²) >= 11 is 5.77. The Morgan fingerprint density at radius 1 is 0.933 bits per heavy atom. The van der Waals surface area contributed by atoms with Gasteiger partial charge in [-0.2, -0.15) is 0 Å². The van der Waals surface area contributed by atoms with E-state index in [-0.39, 0.29) is 17.4 Å². The second-order valence-corrected chi connectivity index (χ2v) is 8.06. The van der Waals surface area contributed by atoms with Crippen molar-refractivity contribution in [1.82, 2.24) is 15.3 Å². The Hall–Kier alpha value is -3.50. The van der Waals surface area contributed by atoms with Gasteiger partial charge in [0.1, 0.15) is 0 Å². The van der Waals surface area contributed by atoms with Crippen LogP contribution in [-0.4, -0.2) is 36.7 Å². The summed E-state index contributed by atoms with van der Waals surface area (Å²) in [6.45, 7) is -0.256. The first-order chi connectivity index (χ1) is 14.3. The van der Waals surface area contributed by atoms with Crippen molar-refractivity contribution in [3.05, 3.63) is 77.6 Å². The van der Waals surface area contributed by atoms with Crippen LogP contribution in [0.2, 0.25) is 5.02 Å². The number of nitrogens with one attached hydrogen (secondary N) is 3. The summed E-state index contributed by atoms with van der Waals surface area (Å²) in [7, 11) is -3.87. The number of sulfonamides is 1. The highest BCUT2D eigenvalue weighted by atomic mass is 35.5. The highest BCUT2D eigenvalue weighted by Crippen LogP contribution is 2.16. The average molecular weight is 446 g/mol. The van der Waals surface area contributed by atoms with E-state index in [0.717, 1.165) is 0 Å². The summed E-state index contributed by atoms with van der Waals surface area (Å²) in [5.41, 5.74) is 0.743. The molecular formula is C19H16ClN5O4S. The van der Waals surface area contributed by atoms with Gasteiger partial charge in [0.2, 0.25) is 11.9 Å². The predicted molar refractivity (Wildman–Crippen MR) is 112 cm³/mol. The zero-order valence-electron chi connectivity index (χ0n) is 15.4. The van der Waals surface area contributed by atoms with Gasteiger partial charge < -0.3 is 10.6 Å². The maximum Gasteiger partial charge on any atom is 0.264 e. The number of amides is 2. The Balaban J connectivity index is 1.55. The van der Waals surface area contributed by atoms with E-state index in [2.05, 4.69) is 25.3 Å². The summed E-state index contributed by atoms with van der Waals surface area (Å²) in [5, 5.41) is 5.56. The number of rotatable bonds is 7. The SMILES string of the molecule is O=C(CNC(=O)c1ccc(Cl)cc1)Nc1ccc(S(=O)(=O)Nc2ncccn2)cc1. The topological polar surface area (TPSA) is 130 Å². The monoisotopic (exact) mass is 445 g/mol. The van der Waals surface area contributed by atoms with Gasteiger partial charge in [-0.1, -0.05) is 11.6 Å². The van der Waals surface area contributed by atoms with E-state index in [0.29, 0.717) is 16.3 Å². The van der Waals surface area contributed by atoms with Crippen LogP contribution in [-0.2, 0) is 14.8 Å². The molecule has 154 valence electrons. The third-order valence-corrected chi connectivity index (χ3v) is 5.35. The van der Waals surface area contributed by atoms with Gasteiger partial charge in [0, 0.05) is 28.7 Å². The molecule has 0 aliphatic rings. The second kappa shape index (κ2) is 9.33. The molecule has 3 N–H and O–H groups in total. The van der Waals surface area contributed by atoms with Gasteiger partial charge in [-0.15, -0.1) is 0 Å². The number of hydrogen-bond donors (Lipinski definition) is 3. The van der Waals surface area contributed by atoms with Crippen LogP contribution in [0.4, 0.5) is 11.6 Å². The van der Waals surface area contributed by atoms with E-state index in [1.54, 1.807) is 30.3 Å². The largest absolute Gasteiger partial charge is 0.343 e. The Kier molecular flexibility index (Phi) is 6.60. The van der Waals surface area contributed by atoms with Crippen molar-refractivity contribution in [1.29, 1.82) is 0 Å². The Morgan fingerprint density at radius 2 is 1.57 bits per heavy atom. The molecule has 0 radical (unpaired) electrons. The van der Waals surface area contributed by atoms with E-state index in [1.807, 2.05) is 0 Å². The highest BCUT2D eigenvalue weighted by molar-refractivity contribution is 7.92. The molecule has 0 fully saturated rings. The van der Waals surface area contributed by atoms with E-state index in [9.17, 15) is 18.0 Å². The molecular weight excluding hydrogens is 430 g/mol. The van der Waals surface area contributed by atoms with Gasteiger partial charge in [0.05, 0.1) is 11.4 Å². The third kappa shape index (κ3) is 5.75. The predicted octanol–water partition coefficient (Wildman–Crippen LogP) is 2.30. The summed E-state index contributed by atoms with van der Waals surface area (Å²) in [6, 6.07) is 13.3. The van der Waals surface area contributed by atoms with Crippen LogP contribution >= 0.6 is 11.6 Å². The summed E-state index contributed by atoms with van der Waals surface area (Å²) in [4.78, 5) is 31.6. The van der Waals surface area contributed by atoms with Crippen molar-refractivity contribution in [2.75, 3.05) is 16.6 Å². The molecule has 0 aliphatic heterocycles. The number of halogens is 1. The molecule has 0 aliphatic carbocycles. The maximum absolute atomic E-state index is 12.3. The number of hydrogen-bond acceptors (Lipinski definition) is 6. The summed E-state index contributed by atoms with van der Waals surface area (Å²) in [5.74, 6) is -0.937. The summed E-state index contributed by atoms with van der Waals surface area (Å²) in [6.07, 6.45) is 2.82. The minimum atomic E-state index is -3.87. The lowest BCUT2D eigenvalue weighted by molar-refractivity contribution is -0.115. The lowest BCUT2D eigenvalue weighted by Gasteiger charge is -2.09. The van der Waals surface area contributed by atoms with Crippen LogP contribution in [0.15, 0.2) is 71.9 Å². The smallest absolute Gasteiger partial charge is 0.264 e. The average Bonchev–Trinajstić information content (AvgIpc) is 2.73. The molecule has 11 heteroatoms. The van der Waals surface area contributed by atoms with Gasteiger partial charge in [-0.25, -0.2) is 23.1 Å². The molecule has 30 heavy (non-hydrogen) atoms. The lowest BCUT2D eigenvalue weighted by Crippen LogP contribution is -2.32. The first-order valence-corrected chi connectivity index (χ1v) is 10.4. The highest BCUT2D eigenvalue weighted by Gasteiger charge is 2.15. The van der Waals surface area contributed by atoms with E-state index in [4.69, 9.17) is 11.6 Å². The fourth-order valence-electron chi connectivity index (χ4n) is 2.32. The molecule has 0 saturated heterocycles. The molecule has 0 unspecified atom stereocenters. The van der Waals surface area contributed by atoms with Crippen LogP contribution in [0.5, 0.6) is 0 Å². The molecule has 0 atom stereocenters. The standard InChI is InChI=1S/C19H16ClN5O4S/c20-14-4-2-13(3-5-14)18(27)23-12-17(26)24-15-6-8-16(9-7-15)30(28,29)25-19-21-10-1-11-22-19/h1-11H,12H2,(H,23,27)(H,24,26)(H,21,22,25). The first kappa shape index (κ1) is 21.2. The number of carbonyl (C=O) groups excluding carboxylic acids is 2. The molecule has 3 aromatic rings. The van der Waals surface area contributed by atoms with Gasteiger partial charge in [0.25, 0.3) is 15.9 Å². The number of benzene rings is 2. The van der Waals surface area contributed by atoms with Crippen molar-refractivity contribution in [3.63, 3.8) is 0 Å². The third-order valence-electron chi connectivity index (χ3n) is 3.76. The fourth-order valence-corrected chi connectivity index (χ4v) is 3.40. The first-order valence-electron chi connectivity index (χ1n) is 8.57. The number of carbonyl (C=O) groups is 2. The minimum absolute atomic E-state index is 0.0241. The van der Waals surface area contributed by atoms with E-state index < -0.39 is 21.8 Å².